The van der Waals surface area contributed by atoms with Gasteiger partial charge in [-0.25, -0.2) is 0 Å². The van der Waals surface area contributed by atoms with Crippen molar-refractivity contribution in [3.05, 3.63) is 0 Å². The SMILES string of the molecule is COCCOCC[O][AlH][O]CCOCCOC. The van der Waals surface area contributed by atoms with Crippen molar-refractivity contribution >= 4 is 15.9 Å². The zero-order valence-corrected chi connectivity index (χ0v) is 12.2. The van der Waals surface area contributed by atoms with E-state index < -0.39 is 15.9 Å². The smallest absolute Gasteiger partial charge is 0.479 e. The van der Waals surface area contributed by atoms with Gasteiger partial charge in [0.2, 0.25) is 0 Å². The minimum Gasteiger partial charge on any atom is -0.479 e. The molecular weight excluding hydrogens is 243 g/mol. The summed E-state index contributed by atoms with van der Waals surface area (Å²) in [6.07, 6.45) is 0. The third-order valence-electron chi connectivity index (χ3n) is 1.77. The minimum atomic E-state index is -0.890. The van der Waals surface area contributed by atoms with E-state index >= 15 is 0 Å². The van der Waals surface area contributed by atoms with Crippen LogP contribution in [-0.2, 0) is 26.5 Å². The molecule has 17 heavy (non-hydrogen) atoms. The maximum Gasteiger partial charge on any atom is 0.649 e. The van der Waals surface area contributed by atoms with Crippen LogP contribution in [-0.4, -0.2) is 83.0 Å². The predicted molar refractivity (Wildman–Crippen MR) is 64.4 cm³/mol. The van der Waals surface area contributed by atoms with Crippen LogP contribution in [0.15, 0.2) is 0 Å². The Labute approximate surface area is 110 Å². The Morgan fingerprint density at radius 2 is 1.00 bits per heavy atom. The molecule has 0 fully saturated rings. The van der Waals surface area contributed by atoms with E-state index in [4.69, 9.17) is 26.5 Å². The molecule has 0 amide bonds. The fraction of sp³-hybridized carbons (Fsp3) is 1.00. The van der Waals surface area contributed by atoms with Gasteiger partial charge in [-0.2, -0.15) is 0 Å². The van der Waals surface area contributed by atoms with Gasteiger partial charge in [-0.3, -0.25) is 0 Å². The summed E-state index contributed by atoms with van der Waals surface area (Å²) in [6, 6.07) is 0. The second-order valence-electron chi connectivity index (χ2n) is 3.14. The van der Waals surface area contributed by atoms with Crippen LogP contribution in [0.2, 0.25) is 0 Å². The maximum atomic E-state index is 5.31. The molecule has 0 unspecified atom stereocenters. The van der Waals surface area contributed by atoms with Crippen molar-refractivity contribution in [3.8, 4) is 0 Å². The average Bonchev–Trinajstić information content (AvgIpc) is 2.35. The van der Waals surface area contributed by atoms with Crippen molar-refractivity contribution in [1.82, 2.24) is 0 Å². The largest absolute Gasteiger partial charge is 0.649 e. The molecule has 0 heterocycles. The molecule has 0 rings (SSSR count). The molecule has 0 aromatic rings. The molecule has 0 bridgehead atoms. The molecule has 0 atom stereocenters. The van der Waals surface area contributed by atoms with Crippen LogP contribution >= 0.6 is 0 Å². The van der Waals surface area contributed by atoms with Crippen LogP contribution in [0.3, 0.4) is 0 Å². The first kappa shape index (κ1) is 17.3. The molecular formula is C10H23AlO6. The van der Waals surface area contributed by atoms with Gasteiger partial charge in [0.1, 0.15) is 0 Å². The van der Waals surface area contributed by atoms with Crippen LogP contribution in [0.5, 0.6) is 0 Å². The Balaban J connectivity index is 2.85. The molecule has 6 nitrogen and oxygen atoms in total. The number of ether oxygens (including phenoxy) is 4. The molecule has 0 N–H and O–H groups in total. The summed E-state index contributed by atoms with van der Waals surface area (Å²) in [5.74, 6) is 0. The fourth-order valence-corrected chi connectivity index (χ4v) is 1.49. The zero-order chi connectivity index (χ0) is 12.6. The average molecular weight is 266 g/mol. The third kappa shape index (κ3) is 16.3. The molecule has 0 aromatic heterocycles. The highest BCUT2D eigenvalue weighted by Crippen LogP contribution is 1.81. The molecule has 102 valence electrons. The third-order valence-corrected chi connectivity index (χ3v) is 2.68. The van der Waals surface area contributed by atoms with Crippen molar-refractivity contribution in [2.24, 2.45) is 0 Å². The van der Waals surface area contributed by atoms with Gasteiger partial charge in [-0.15, -0.1) is 0 Å². The van der Waals surface area contributed by atoms with Gasteiger partial charge in [0, 0.05) is 27.4 Å². The van der Waals surface area contributed by atoms with Gasteiger partial charge in [0.25, 0.3) is 0 Å². The lowest BCUT2D eigenvalue weighted by molar-refractivity contribution is 0.0410. The fourth-order valence-electron chi connectivity index (χ4n) is 0.901. The summed E-state index contributed by atoms with van der Waals surface area (Å²) >= 11 is -0.890. The number of methoxy groups -OCH3 is 2. The normalized spacial score (nSPS) is 10.7. The van der Waals surface area contributed by atoms with E-state index in [1.165, 1.54) is 0 Å². The van der Waals surface area contributed by atoms with Gasteiger partial charge < -0.3 is 26.5 Å². The lowest BCUT2D eigenvalue weighted by Gasteiger charge is -2.06. The van der Waals surface area contributed by atoms with E-state index in [0.29, 0.717) is 52.9 Å². The van der Waals surface area contributed by atoms with Crippen molar-refractivity contribution in [3.63, 3.8) is 0 Å². The minimum absolute atomic E-state index is 0.584. The first-order chi connectivity index (χ1) is 8.41. The van der Waals surface area contributed by atoms with E-state index in [1.807, 2.05) is 0 Å². The van der Waals surface area contributed by atoms with Crippen LogP contribution < -0.4 is 0 Å². The molecule has 0 aliphatic carbocycles. The Bertz CT molecular complexity index is 124. The molecule has 0 radical (unpaired) electrons. The highest BCUT2D eigenvalue weighted by Gasteiger charge is 1.97. The highest BCUT2D eigenvalue weighted by atomic mass is 27.2. The lowest BCUT2D eigenvalue weighted by atomic mass is 10.7. The summed E-state index contributed by atoms with van der Waals surface area (Å²) in [6.45, 7) is 4.79. The van der Waals surface area contributed by atoms with Crippen molar-refractivity contribution < 1.29 is 26.5 Å². The molecule has 0 aromatic carbocycles. The Kier molecular flexibility index (Phi) is 16.6. The van der Waals surface area contributed by atoms with Gasteiger partial charge in [-0.05, 0) is 0 Å². The number of hydrogen-bond donors (Lipinski definition) is 0. The van der Waals surface area contributed by atoms with Crippen molar-refractivity contribution in [2.75, 3.05) is 67.1 Å². The second kappa shape index (κ2) is 16.3. The van der Waals surface area contributed by atoms with Crippen molar-refractivity contribution in [2.45, 2.75) is 0 Å². The topological polar surface area (TPSA) is 55.4 Å². The van der Waals surface area contributed by atoms with Gasteiger partial charge >= 0.3 is 15.9 Å². The monoisotopic (exact) mass is 266 g/mol. The van der Waals surface area contributed by atoms with Crippen molar-refractivity contribution in [1.29, 1.82) is 0 Å². The summed E-state index contributed by atoms with van der Waals surface area (Å²) in [5.41, 5.74) is 0. The molecule has 0 spiro atoms. The second-order valence-corrected chi connectivity index (χ2v) is 4.20. The highest BCUT2D eigenvalue weighted by molar-refractivity contribution is 6.17. The summed E-state index contributed by atoms with van der Waals surface area (Å²) in [4.78, 5) is 0. The van der Waals surface area contributed by atoms with Crippen LogP contribution in [0, 0.1) is 0 Å². The van der Waals surface area contributed by atoms with E-state index in [1.54, 1.807) is 14.2 Å². The van der Waals surface area contributed by atoms with Gasteiger partial charge in [-0.1, -0.05) is 0 Å². The van der Waals surface area contributed by atoms with E-state index in [2.05, 4.69) is 0 Å². The first-order valence-corrected chi connectivity index (χ1v) is 6.86. The van der Waals surface area contributed by atoms with E-state index in [-0.39, 0.29) is 0 Å². The molecule has 0 saturated carbocycles. The Morgan fingerprint density at radius 1 is 0.588 bits per heavy atom. The lowest BCUT2D eigenvalue weighted by Crippen LogP contribution is -2.15. The number of hydrogen-bond acceptors (Lipinski definition) is 6. The quantitative estimate of drug-likeness (QED) is 0.315. The summed E-state index contributed by atoms with van der Waals surface area (Å²) in [5, 5.41) is 0. The Hall–Kier alpha value is 0.292. The molecule has 7 heteroatoms. The zero-order valence-electron chi connectivity index (χ0n) is 10.8. The van der Waals surface area contributed by atoms with Crippen LogP contribution in [0.4, 0.5) is 0 Å². The predicted octanol–water partition coefficient (Wildman–Crippen LogP) is -0.388. The van der Waals surface area contributed by atoms with E-state index in [9.17, 15) is 0 Å². The molecule has 0 aliphatic heterocycles. The van der Waals surface area contributed by atoms with Gasteiger partial charge in [0.05, 0.1) is 39.6 Å². The standard InChI is InChI=1S/2C5H11O3.Al.H/c2*1-7-4-5-8-3-2-6;;/h2*2-5H2,1H3;;/q2*-1;+2;. The molecule has 0 saturated heterocycles. The number of rotatable bonds is 14. The van der Waals surface area contributed by atoms with Gasteiger partial charge in [0.15, 0.2) is 0 Å². The van der Waals surface area contributed by atoms with Crippen LogP contribution in [0.1, 0.15) is 0 Å². The first-order valence-electron chi connectivity index (χ1n) is 5.70. The maximum absolute atomic E-state index is 5.31. The van der Waals surface area contributed by atoms with Crippen LogP contribution in [0.25, 0.3) is 0 Å². The van der Waals surface area contributed by atoms with E-state index in [0.717, 1.165) is 0 Å². The molecule has 0 aliphatic rings. The summed E-state index contributed by atoms with van der Waals surface area (Å²) in [7, 11) is 3.30. The summed E-state index contributed by atoms with van der Waals surface area (Å²) < 4.78 is 30.7. The Morgan fingerprint density at radius 3 is 1.41 bits per heavy atom.